The number of para-hydroxylation sites is 3. The normalized spacial score (nSPS) is 13.0. The summed E-state index contributed by atoms with van der Waals surface area (Å²) in [4.78, 5) is 2.43. The standard InChI is InChI=1S/C67H42N2O/c1-3-17-43(18-4-1)44-31-35-47(36-32-44)68(49-39-40-53-52-23-9-14-28-60(52)67(61(53)41-49)58-26-12-7-21-50(58)51-22-8-13-27-59(51)67)48-37-33-45(34-38-48)56-42-57-54-24-10-15-29-62(54)69(46-19-5-2-6-20-46)65(57)64-55-25-11-16-30-63(55)70-66(56)64/h1-42H. The van der Waals surface area contributed by atoms with Crippen molar-refractivity contribution in [2.75, 3.05) is 4.90 Å². The van der Waals surface area contributed by atoms with Crippen LogP contribution in [0.4, 0.5) is 17.1 Å². The molecule has 0 fully saturated rings. The molecule has 70 heavy (non-hydrogen) atoms. The van der Waals surface area contributed by atoms with Crippen molar-refractivity contribution in [1.82, 2.24) is 4.57 Å². The van der Waals surface area contributed by atoms with Gasteiger partial charge < -0.3 is 13.9 Å². The zero-order chi connectivity index (χ0) is 45.9. The Morgan fingerprint density at radius 3 is 1.50 bits per heavy atom. The van der Waals surface area contributed by atoms with Crippen LogP contribution in [0.1, 0.15) is 22.3 Å². The van der Waals surface area contributed by atoms with Crippen LogP contribution < -0.4 is 4.90 Å². The van der Waals surface area contributed by atoms with E-state index >= 15 is 0 Å². The Bertz CT molecular complexity index is 4160. The second-order valence-electron chi connectivity index (χ2n) is 18.7. The maximum Gasteiger partial charge on any atom is 0.145 e. The molecule has 0 aliphatic heterocycles. The highest BCUT2D eigenvalue weighted by Crippen LogP contribution is 2.63. The number of fused-ring (bicyclic) bond motifs is 17. The molecule has 0 radical (unpaired) electrons. The van der Waals surface area contributed by atoms with Crippen LogP contribution in [0.25, 0.3) is 93.9 Å². The molecule has 0 saturated carbocycles. The van der Waals surface area contributed by atoms with Gasteiger partial charge in [-0.2, -0.15) is 0 Å². The quantitative estimate of drug-likeness (QED) is 0.166. The first-order valence-corrected chi connectivity index (χ1v) is 24.2. The third-order valence-electron chi connectivity index (χ3n) is 15.2. The van der Waals surface area contributed by atoms with Gasteiger partial charge in [0.2, 0.25) is 0 Å². The predicted octanol–water partition coefficient (Wildman–Crippen LogP) is 17.8. The Morgan fingerprint density at radius 1 is 0.343 bits per heavy atom. The molecule has 0 amide bonds. The summed E-state index contributed by atoms with van der Waals surface area (Å²) < 4.78 is 9.35. The highest BCUT2D eigenvalue weighted by Gasteiger charge is 2.51. The van der Waals surface area contributed by atoms with E-state index in [1.165, 1.54) is 71.9 Å². The average molecular weight is 891 g/mol. The molecular weight excluding hydrogens is 849 g/mol. The zero-order valence-electron chi connectivity index (χ0n) is 38.1. The summed E-state index contributed by atoms with van der Waals surface area (Å²) >= 11 is 0. The topological polar surface area (TPSA) is 21.3 Å². The fourth-order valence-electron chi connectivity index (χ4n) is 12.3. The molecule has 1 spiro atoms. The van der Waals surface area contributed by atoms with Gasteiger partial charge in [-0.1, -0.05) is 188 Å². The van der Waals surface area contributed by atoms with Gasteiger partial charge in [-0.25, -0.2) is 0 Å². The average Bonchev–Trinajstić information content (AvgIpc) is 4.16. The Morgan fingerprint density at radius 2 is 0.843 bits per heavy atom. The largest absolute Gasteiger partial charge is 0.455 e. The Kier molecular flexibility index (Phi) is 8.28. The summed E-state index contributed by atoms with van der Waals surface area (Å²) in [5, 5.41) is 4.63. The number of anilines is 3. The van der Waals surface area contributed by atoms with Gasteiger partial charge in [0.05, 0.1) is 21.8 Å². The van der Waals surface area contributed by atoms with Crippen LogP contribution in [-0.2, 0) is 5.41 Å². The van der Waals surface area contributed by atoms with E-state index in [9.17, 15) is 0 Å². The molecule has 3 nitrogen and oxygen atoms in total. The van der Waals surface area contributed by atoms with Crippen LogP contribution in [0.2, 0.25) is 0 Å². The van der Waals surface area contributed by atoms with E-state index in [2.05, 4.69) is 264 Å². The van der Waals surface area contributed by atoms with Gasteiger partial charge in [-0.05, 0) is 128 Å². The van der Waals surface area contributed by atoms with Gasteiger partial charge in [-0.3, -0.25) is 0 Å². The van der Waals surface area contributed by atoms with Crippen molar-refractivity contribution in [2.45, 2.75) is 5.41 Å². The molecule has 326 valence electrons. The van der Waals surface area contributed by atoms with E-state index in [4.69, 9.17) is 4.42 Å². The van der Waals surface area contributed by atoms with E-state index in [0.29, 0.717) is 0 Å². The minimum absolute atomic E-state index is 0.456. The molecule has 11 aromatic carbocycles. The number of hydrogen-bond donors (Lipinski definition) is 0. The van der Waals surface area contributed by atoms with Crippen molar-refractivity contribution < 1.29 is 4.42 Å². The zero-order valence-corrected chi connectivity index (χ0v) is 38.1. The minimum atomic E-state index is -0.456. The fourth-order valence-corrected chi connectivity index (χ4v) is 12.3. The SMILES string of the molecule is c1ccc(-c2ccc(N(c3ccc(-c4cc5c6ccccc6n(-c6ccccc6)c5c5c4oc4ccccc45)cc3)c3ccc4c(c3)C3(c5ccccc5-c5ccccc53)c3ccccc3-4)cc2)cc1. The smallest absolute Gasteiger partial charge is 0.145 e. The third kappa shape index (κ3) is 5.40. The number of furan rings is 1. The van der Waals surface area contributed by atoms with E-state index in [-0.39, 0.29) is 0 Å². The molecule has 0 N–H and O–H groups in total. The summed E-state index contributed by atoms with van der Waals surface area (Å²) in [5.74, 6) is 0. The van der Waals surface area contributed by atoms with Gasteiger partial charge in [0.1, 0.15) is 11.2 Å². The van der Waals surface area contributed by atoms with Crippen LogP contribution >= 0.6 is 0 Å². The van der Waals surface area contributed by atoms with Crippen molar-refractivity contribution in [3.8, 4) is 50.2 Å². The number of benzene rings is 11. The van der Waals surface area contributed by atoms with Crippen molar-refractivity contribution in [1.29, 1.82) is 0 Å². The molecule has 2 heterocycles. The second-order valence-corrected chi connectivity index (χ2v) is 18.7. The van der Waals surface area contributed by atoms with E-state index in [1.807, 2.05) is 0 Å². The molecule has 2 aliphatic carbocycles. The van der Waals surface area contributed by atoms with E-state index in [0.717, 1.165) is 61.3 Å². The first kappa shape index (κ1) is 38.9. The first-order valence-electron chi connectivity index (χ1n) is 24.2. The number of aromatic nitrogens is 1. The van der Waals surface area contributed by atoms with Crippen LogP contribution in [0.15, 0.2) is 259 Å². The highest BCUT2D eigenvalue weighted by molar-refractivity contribution is 6.27. The monoisotopic (exact) mass is 890 g/mol. The molecule has 13 aromatic rings. The maximum absolute atomic E-state index is 6.94. The predicted molar refractivity (Wildman–Crippen MR) is 290 cm³/mol. The summed E-state index contributed by atoms with van der Waals surface area (Å²) in [6.45, 7) is 0. The van der Waals surface area contributed by atoms with Gasteiger partial charge in [-0.15, -0.1) is 0 Å². The summed E-state index contributed by atoms with van der Waals surface area (Å²) in [6, 6.07) is 93.3. The second kappa shape index (κ2) is 14.9. The summed E-state index contributed by atoms with van der Waals surface area (Å²) in [5.41, 5.74) is 23.0. The van der Waals surface area contributed by atoms with E-state index in [1.54, 1.807) is 0 Å². The Hall–Kier alpha value is -9.18. The molecule has 15 rings (SSSR count). The Labute approximate surface area is 405 Å². The third-order valence-corrected chi connectivity index (χ3v) is 15.2. The van der Waals surface area contributed by atoms with Crippen LogP contribution in [0.5, 0.6) is 0 Å². The molecule has 0 bridgehead atoms. The molecule has 2 aliphatic rings. The molecular formula is C67H42N2O. The molecule has 0 unspecified atom stereocenters. The lowest BCUT2D eigenvalue weighted by Crippen LogP contribution is -2.26. The fraction of sp³-hybridized carbons (Fsp3) is 0.0149. The minimum Gasteiger partial charge on any atom is -0.455 e. The maximum atomic E-state index is 6.94. The van der Waals surface area contributed by atoms with Gasteiger partial charge in [0.15, 0.2) is 0 Å². The van der Waals surface area contributed by atoms with Crippen molar-refractivity contribution in [2.24, 2.45) is 0 Å². The first-order chi connectivity index (χ1) is 34.7. The van der Waals surface area contributed by atoms with Crippen molar-refractivity contribution >= 4 is 60.8 Å². The molecule has 0 saturated heterocycles. The number of nitrogens with zero attached hydrogens (tertiary/aromatic N) is 2. The lowest BCUT2D eigenvalue weighted by Gasteiger charge is -2.32. The number of rotatable bonds is 6. The molecule has 2 aromatic heterocycles. The molecule has 3 heteroatoms. The summed E-state index contributed by atoms with van der Waals surface area (Å²) in [6.07, 6.45) is 0. The lowest BCUT2D eigenvalue weighted by atomic mass is 9.70. The van der Waals surface area contributed by atoms with Crippen LogP contribution in [0.3, 0.4) is 0 Å². The van der Waals surface area contributed by atoms with Crippen molar-refractivity contribution in [3.63, 3.8) is 0 Å². The van der Waals surface area contributed by atoms with E-state index < -0.39 is 5.41 Å². The van der Waals surface area contributed by atoms with Gasteiger partial charge >= 0.3 is 0 Å². The summed E-state index contributed by atoms with van der Waals surface area (Å²) in [7, 11) is 0. The van der Waals surface area contributed by atoms with Gasteiger partial charge in [0, 0.05) is 44.5 Å². The van der Waals surface area contributed by atoms with Gasteiger partial charge in [0.25, 0.3) is 0 Å². The number of hydrogen-bond acceptors (Lipinski definition) is 2. The lowest BCUT2D eigenvalue weighted by molar-refractivity contribution is 0.670. The highest BCUT2D eigenvalue weighted by atomic mass is 16.3. The molecule has 0 atom stereocenters. The van der Waals surface area contributed by atoms with Crippen molar-refractivity contribution in [3.05, 3.63) is 277 Å². The van der Waals surface area contributed by atoms with Crippen LogP contribution in [-0.4, -0.2) is 4.57 Å². The van der Waals surface area contributed by atoms with Crippen LogP contribution in [0, 0.1) is 0 Å². The Balaban J connectivity index is 0.938.